The summed E-state index contributed by atoms with van der Waals surface area (Å²) >= 11 is 0. The summed E-state index contributed by atoms with van der Waals surface area (Å²) in [5.41, 5.74) is 1.19. The van der Waals surface area contributed by atoms with Gasteiger partial charge in [-0.15, -0.1) is 0 Å². The monoisotopic (exact) mass is 290 g/mol. The van der Waals surface area contributed by atoms with Gasteiger partial charge in [-0.05, 0) is 25.0 Å². The number of carbonyl (C=O) groups excluding carboxylic acids is 2. The summed E-state index contributed by atoms with van der Waals surface area (Å²) in [5.74, 6) is 0.381. The van der Waals surface area contributed by atoms with Crippen LogP contribution in [-0.2, 0) is 4.79 Å². The standard InChI is InChI=1S/C16H22N2O3/c1-4-9-18(10-5-2)16(20)12-7-6-8-13-15(12)21-11-14(19)17(13)3/h6-8H,4-5,9-11H2,1-3H3. The molecule has 2 rings (SSSR count). The van der Waals surface area contributed by atoms with Gasteiger partial charge in [0.1, 0.15) is 0 Å². The maximum Gasteiger partial charge on any atom is 0.264 e. The van der Waals surface area contributed by atoms with Gasteiger partial charge in [-0.3, -0.25) is 9.59 Å². The van der Waals surface area contributed by atoms with Crippen molar-refractivity contribution in [1.29, 1.82) is 0 Å². The van der Waals surface area contributed by atoms with Crippen LogP contribution in [-0.4, -0.2) is 43.5 Å². The van der Waals surface area contributed by atoms with Gasteiger partial charge in [0.2, 0.25) is 0 Å². The van der Waals surface area contributed by atoms with Crippen molar-refractivity contribution >= 4 is 17.5 Å². The van der Waals surface area contributed by atoms with Gasteiger partial charge in [0.25, 0.3) is 11.8 Å². The highest BCUT2D eigenvalue weighted by Crippen LogP contribution is 2.35. The number of hydrogen-bond donors (Lipinski definition) is 0. The van der Waals surface area contributed by atoms with Crippen LogP contribution in [0.4, 0.5) is 5.69 Å². The number of rotatable bonds is 5. The first-order chi connectivity index (χ1) is 10.1. The lowest BCUT2D eigenvalue weighted by Gasteiger charge is -2.29. The van der Waals surface area contributed by atoms with Gasteiger partial charge in [0, 0.05) is 20.1 Å². The van der Waals surface area contributed by atoms with Crippen molar-refractivity contribution in [1.82, 2.24) is 4.90 Å². The second kappa shape index (κ2) is 6.61. The van der Waals surface area contributed by atoms with Crippen LogP contribution in [0.25, 0.3) is 0 Å². The van der Waals surface area contributed by atoms with Crippen molar-refractivity contribution in [2.75, 3.05) is 31.6 Å². The molecular weight excluding hydrogens is 268 g/mol. The quantitative estimate of drug-likeness (QED) is 0.836. The Morgan fingerprint density at radius 3 is 2.57 bits per heavy atom. The van der Waals surface area contributed by atoms with E-state index in [-0.39, 0.29) is 18.4 Å². The molecule has 0 saturated carbocycles. The molecule has 1 aromatic rings. The summed E-state index contributed by atoms with van der Waals surface area (Å²) in [5, 5.41) is 0. The summed E-state index contributed by atoms with van der Waals surface area (Å²) < 4.78 is 5.53. The van der Waals surface area contributed by atoms with E-state index in [0.29, 0.717) is 17.0 Å². The van der Waals surface area contributed by atoms with Crippen molar-refractivity contribution < 1.29 is 14.3 Å². The maximum atomic E-state index is 12.7. The Morgan fingerprint density at radius 1 is 1.29 bits per heavy atom. The number of para-hydroxylation sites is 1. The van der Waals surface area contributed by atoms with E-state index >= 15 is 0 Å². The molecule has 0 atom stereocenters. The van der Waals surface area contributed by atoms with Crippen molar-refractivity contribution in [3.63, 3.8) is 0 Å². The van der Waals surface area contributed by atoms with Gasteiger partial charge in [-0.2, -0.15) is 0 Å². The Hall–Kier alpha value is -2.04. The van der Waals surface area contributed by atoms with E-state index in [1.807, 2.05) is 4.90 Å². The van der Waals surface area contributed by atoms with Crippen molar-refractivity contribution in [2.24, 2.45) is 0 Å². The van der Waals surface area contributed by atoms with Crippen LogP contribution in [0, 0.1) is 0 Å². The van der Waals surface area contributed by atoms with Crippen LogP contribution in [0.1, 0.15) is 37.0 Å². The van der Waals surface area contributed by atoms with Crippen molar-refractivity contribution in [3.8, 4) is 5.75 Å². The minimum atomic E-state index is -0.105. The molecule has 5 heteroatoms. The minimum absolute atomic E-state index is 0.0185. The number of hydrogen-bond acceptors (Lipinski definition) is 3. The zero-order valence-corrected chi connectivity index (χ0v) is 12.9. The average Bonchev–Trinajstić information content (AvgIpc) is 2.49. The van der Waals surface area contributed by atoms with E-state index in [4.69, 9.17) is 4.74 Å². The molecule has 5 nitrogen and oxygen atoms in total. The Bertz CT molecular complexity index is 536. The molecule has 1 aliphatic heterocycles. The van der Waals surface area contributed by atoms with Gasteiger partial charge < -0.3 is 14.5 Å². The van der Waals surface area contributed by atoms with E-state index in [9.17, 15) is 9.59 Å². The normalized spacial score (nSPS) is 13.7. The largest absolute Gasteiger partial charge is 0.481 e. The van der Waals surface area contributed by atoms with Crippen LogP contribution in [0.3, 0.4) is 0 Å². The average molecular weight is 290 g/mol. The second-order valence-electron chi connectivity index (χ2n) is 5.19. The molecule has 0 bridgehead atoms. The SMILES string of the molecule is CCCN(CCC)C(=O)c1cccc2c1OCC(=O)N2C. The van der Waals surface area contributed by atoms with Crippen LogP contribution >= 0.6 is 0 Å². The molecule has 0 N–H and O–H groups in total. The molecule has 0 aliphatic carbocycles. The highest BCUT2D eigenvalue weighted by molar-refractivity contribution is 6.03. The summed E-state index contributed by atoms with van der Waals surface area (Å²) in [6.45, 7) is 5.55. The zero-order chi connectivity index (χ0) is 15.4. The van der Waals surface area contributed by atoms with Crippen LogP contribution in [0.15, 0.2) is 18.2 Å². The van der Waals surface area contributed by atoms with Crippen LogP contribution in [0.5, 0.6) is 5.75 Å². The molecule has 0 aromatic heterocycles. The molecule has 0 fully saturated rings. The molecule has 0 saturated heterocycles. The highest BCUT2D eigenvalue weighted by Gasteiger charge is 2.28. The highest BCUT2D eigenvalue weighted by atomic mass is 16.5. The Kier molecular flexibility index (Phi) is 4.83. The predicted molar refractivity (Wildman–Crippen MR) is 81.8 cm³/mol. The van der Waals surface area contributed by atoms with E-state index in [1.165, 1.54) is 0 Å². The Balaban J connectivity index is 2.36. The van der Waals surface area contributed by atoms with Gasteiger partial charge in [-0.25, -0.2) is 0 Å². The molecule has 21 heavy (non-hydrogen) atoms. The molecule has 0 spiro atoms. The Labute approximate surface area is 125 Å². The first-order valence-electron chi connectivity index (χ1n) is 7.41. The molecule has 114 valence electrons. The van der Waals surface area contributed by atoms with E-state index in [1.54, 1.807) is 30.1 Å². The van der Waals surface area contributed by atoms with Gasteiger partial charge in [0.15, 0.2) is 12.4 Å². The number of likely N-dealkylation sites (N-methyl/N-ethyl adjacent to an activating group) is 1. The number of fused-ring (bicyclic) bond motifs is 1. The molecule has 1 aliphatic rings. The summed E-state index contributed by atoms with van der Waals surface area (Å²) in [6, 6.07) is 5.36. The number of anilines is 1. The van der Waals surface area contributed by atoms with Crippen LogP contribution < -0.4 is 9.64 Å². The maximum absolute atomic E-state index is 12.7. The number of amides is 2. The smallest absolute Gasteiger partial charge is 0.264 e. The summed E-state index contributed by atoms with van der Waals surface area (Å²) in [7, 11) is 1.70. The van der Waals surface area contributed by atoms with Crippen molar-refractivity contribution in [3.05, 3.63) is 23.8 Å². The number of benzene rings is 1. The van der Waals surface area contributed by atoms with Gasteiger partial charge in [0.05, 0.1) is 11.3 Å². The number of carbonyl (C=O) groups is 2. The first kappa shape index (κ1) is 15.4. The third kappa shape index (κ3) is 3.01. The lowest BCUT2D eigenvalue weighted by molar-refractivity contribution is -0.121. The summed E-state index contributed by atoms with van der Waals surface area (Å²) in [6.07, 6.45) is 1.83. The fourth-order valence-corrected chi connectivity index (χ4v) is 2.50. The molecule has 1 aromatic carbocycles. The topological polar surface area (TPSA) is 49.9 Å². The Morgan fingerprint density at radius 2 is 1.95 bits per heavy atom. The molecule has 0 radical (unpaired) electrons. The molecule has 1 heterocycles. The van der Waals surface area contributed by atoms with Crippen LogP contribution in [0.2, 0.25) is 0 Å². The predicted octanol–water partition coefficient (Wildman–Crippen LogP) is 2.30. The fourth-order valence-electron chi connectivity index (χ4n) is 2.50. The second-order valence-corrected chi connectivity index (χ2v) is 5.19. The number of nitrogens with zero attached hydrogens (tertiary/aromatic N) is 2. The summed E-state index contributed by atoms with van der Waals surface area (Å²) in [4.78, 5) is 27.8. The third-order valence-electron chi connectivity index (χ3n) is 3.57. The van der Waals surface area contributed by atoms with E-state index in [2.05, 4.69) is 13.8 Å². The minimum Gasteiger partial charge on any atom is -0.481 e. The lowest BCUT2D eigenvalue weighted by atomic mass is 10.1. The molecule has 2 amide bonds. The van der Waals surface area contributed by atoms with E-state index < -0.39 is 0 Å². The van der Waals surface area contributed by atoms with Gasteiger partial charge >= 0.3 is 0 Å². The zero-order valence-electron chi connectivity index (χ0n) is 12.9. The molecular formula is C16H22N2O3. The van der Waals surface area contributed by atoms with Gasteiger partial charge in [-0.1, -0.05) is 19.9 Å². The first-order valence-corrected chi connectivity index (χ1v) is 7.41. The number of ether oxygens (including phenoxy) is 1. The third-order valence-corrected chi connectivity index (χ3v) is 3.57. The fraction of sp³-hybridized carbons (Fsp3) is 0.500. The van der Waals surface area contributed by atoms with E-state index in [0.717, 1.165) is 25.9 Å². The van der Waals surface area contributed by atoms with Crippen molar-refractivity contribution in [2.45, 2.75) is 26.7 Å². The lowest BCUT2D eigenvalue weighted by Crippen LogP contribution is -2.37. The molecule has 0 unspecified atom stereocenters.